The number of hydrogen-bond acceptors (Lipinski definition) is 2. The van der Waals surface area contributed by atoms with Crippen molar-refractivity contribution in [3.8, 4) is 11.1 Å². The Bertz CT molecular complexity index is 1030. The molecule has 25 heavy (non-hydrogen) atoms. The zero-order valence-electron chi connectivity index (χ0n) is 13.9. The third kappa shape index (κ3) is 3.07. The first-order valence-corrected chi connectivity index (χ1v) is 8.42. The van der Waals surface area contributed by atoms with Gasteiger partial charge in [-0.2, -0.15) is 0 Å². The molecule has 2 heteroatoms. The molecular weight excluding hydrogens is 304 g/mol. The van der Waals surface area contributed by atoms with E-state index in [1.807, 2.05) is 30.3 Å². The van der Waals surface area contributed by atoms with Gasteiger partial charge in [0.25, 0.3) is 0 Å². The first kappa shape index (κ1) is 15.3. The van der Waals surface area contributed by atoms with Crippen LogP contribution in [-0.2, 0) is 6.42 Å². The van der Waals surface area contributed by atoms with Crippen LogP contribution in [0.3, 0.4) is 0 Å². The maximum absolute atomic E-state index is 6.20. The lowest BCUT2D eigenvalue weighted by Gasteiger charge is -2.12. The van der Waals surface area contributed by atoms with Gasteiger partial charge in [-0.05, 0) is 58.1 Å². The average Bonchev–Trinajstić information content (AvgIpc) is 2.64. The molecule has 0 radical (unpaired) electrons. The van der Waals surface area contributed by atoms with Crippen LogP contribution in [0.1, 0.15) is 11.1 Å². The number of nitrogen functional groups attached to an aromatic ring is 2. The first-order chi connectivity index (χ1) is 12.2. The van der Waals surface area contributed by atoms with Gasteiger partial charge in [0.1, 0.15) is 0 Å². The summed E-state index contributed by atoms with van der Waals surface area (Å²) in [5.41, 5.74) is 18.4. The minimum absolute atomic E-state index is 0.791. The Morgan fingerprint density at radius 3 is 2.20 bits per heavy atom. The molecule has 4 rings (SSSR count). The summed E-state index contributed by atoms with van der Waals surface area (Å²) in [6, 6.07) is 29.1. The second-order valence-corrected chi connectivity index (χ2v) is 6.36. The first-order valence-electron chi connectivity index (χ1n) is 8.42. The lowest BCUT2D eigenvalue weighted by molar-refractivity contribution is 1.21. The van der Waals surface area contributed by atoms with E-state index in [0.717, 1.165) is 28.9 Å². The van der Waals surface area contributed by atoms with Crippen LogP contribution in [0.25, 0.3) is 21.9 Å². The van der Waals surface area contributed by atoms with Crippen molar-refractivity contribution in [1.82, 2.24) is 0 Å². The summed E-state index contributed by atoms with van der Waals surface area (Å²) in [6.07, 6.45) is 0.862. The molecule has 0 amide bonds. The molecule has 4 aromatic rings. The third-order valence-electron chi connectivity index (χ3n) is 4.59. The van der Waals surface area contributed by atoms with E-state index in [9.17, 15) is 0 Å². The van der Waals surface area contributed by atoms with Crippen molar-refractivity contribution in [2.75, 3.05) is 11.5 Å². The van der Waals surface area contributed by atoms with Gasteiger partial charge in [0.2, 0.25) is 0 Å². The predicted octanol–water partition coefficient (Wildman–Crippen LogP) is 5.26. The van der Waals surface area contributed by atoms with Crippen LogP contribution in [0.5, 0.6) is 0 Å². The van der Waals surface area contributed by atoms with Crippen molar-refractivity contribution in [3.05, 3.63) is 96.1 Å². The molecule has 2 nitrogen and oxygen atoms in total. The second-order valence-electron chi connectivity index (χ2n) is 6.36. The van der Waals surface area contributed by atoms with Gasteiger partial charge in [-0.1, -0.05) is 60.7 Å². The average molecular weight is 324 g/mol. The highest BCUT2D eigenvalue weighted by Crippen LogP contribution is 2.32. The van der Waals surface area contributed by atoms with E-state index < -0.39 is 0 Å². The quantitative estimate of drug-likeness (QED) is 0.505. The molecule has 0 aliphatic carbocycles. The van der Waals surface area contributed by atoms with Gasteiger partial charge in [-0.25, -0.2) is 0 Å². The zero-order chi connectivity index (χ0) is 17.2. The molecule has 0 fully saturated rings. The summed E-state index contributed by atoms with van der Waals surface area (Å²) < 4.78 is 0. The molecule has 0 saturated heterocycles. The Kier molecular flexibility index (Phi) is 3.87. The minimum Gasteiger partial charge on any atom is -0.399 e. The Morgan fingerprint density at radius 2 is 1.40 bits per heavy atom. The fraction of sp³-hybridized carbons (Fsp3) is 0.0435. The predicted molar refractivity (Wildman–Crippen MR) is 107 cm³/mol. The van der Waals surface area contributed by atoms with Gasteiger partial charge in [0, 0.05) is 16.9 Å². The highest BCUT2D eigenvalue weighted by Gasteiger charge is 2.08. The topological polar surface area (TPSA) is 52.0 Å². The van der Waals surface area contributed by atoms with Crippen LogP contribution in [-0.4, -0.2) is 0 Å². The van der Waals surface area contributed by atoms with Crippen molar-refractivity contribution < 1.29 is 0 Å². The summed E-state index contributed by atoms with van der Waals surface area (Å²) in [6.45, 7) is 0. The number of rotatable bonds is 3. The lowest BCUT2D eigenvalue weighted by atomic mass is 9.93. The molecular formula is C23H20N2. The number of nitrogens with two attached hydrogens (primary N) is 2. The molecule has 0 aliphatic rings. The van der Waals surface area contributed by atoms with E-state index in [1.165, 1.54) is 21.9 Å². The molecule has 0 aliphatic heterocycles. The Morgan fingerprint density at radius 1 is 0.680 bits per heavy atom. The minimum atomic E-state index is 0.791. The van der Waals surface area contributed by atoms with Crippen LogP contribution in [0.15, 0.2) is 84.9 Å². The fourth-order valence-electron chi connectivity index (χ4n) is 3.31. The summed E-state index contributed by atoms with van der Waals surface area (Å²) >= 11 is 0. The summed E-state index contributed by atoms with van der Waals surface area (Å²) in [4.78, 5) is 0. The Balaban J connectivity index is 1.87. The second kappa shape index (κ2) is 6.33. The molecule has 0 atom stereocenters. The van der Waals surface area contributed by atoms with Gasteiger partial charge in [-0.15, -0.1) is 0 Å². The number of fused-ring (bicyclic) bond motifs is 1. The number of benzene rings is 4. The molecule has 122 valence electrons. The standard InChI is InChI=1S/C23H20N2/c24-20-11-9-16(10-12-20)13-18-15-19(22-7-3-4-8-23(22)25)14-17-5-1-2-6-21(17)18/h1-12,14-15H,13,24-25H2. The molecule has 0 heterocycles. The zero-order valence-corrected chi connectivity index (χ0v) is 13.9. The van der Waals surface area contributed by atoms with E-state index >= 15 is 0 Å². The summed E-state index contributed by atoms with van der Waals surface area (Å²) in [5, 5.41) is 2.51. The molecule has 4 N–H and O–H groups in total. The molecule has 0 aromatic heterocycles. The van der Waals surface area contributed by atoms with E-state index in [1.54, 1.807) is 0 Å². The van der Waals surface area contributed by atoms with Gasteiger partial charge >= 0.3 is 0 Å². The maximum atomic E-state index is 6.20. The van der Waals surface area contributed by atoms with Gasteiger partial charge in [-0.3, -0.25) is 0 Å². The van der Waals surface area contributed by atoms with Crippen molar-refractivity contribution in [1.29, 1.82) is 0 Å². The highest BCUT2D eigenvalue weighted by molar-refractivity contribution is 5.92. The Labute approximate surface area is 147 Å². The van der Waals surface area contributed by atoms with Crippen LogP contribution < -0.4 is 11.5 Å². The maximum Gasteiger partial charge on any atom is 0.0393 e. The molecule has 0 bridgehead atoms. The monoisotopic (exact) mass is 324 g/mol. The molecule has 4 aromatic carbocycles. The summed E-state index contributed by atoms with van der Waals surface area (Å²) in [7, 11) is 0. The Hall–Kier alpha value is -3.26. The number of hydrogen-bond donors (Lipinski definition) is 2. The highest BCUT2D eigenvalue weighted by atomic mass is 14.6. The van der Waals surface area contributed by atoms with Crippen LogP contribution in [0.4, 0.5) is 11.4 Å². The van der Waals surface area contributed by atoms with Gasteiger partial charge < -0.3 is 11.5 Å². The number of anilines is 2. The SMILES string of the molecule is Nc1ccc(Cc2cc(-c3ccccc3N)cc3ccccc23)cc1. The van der Waals surface area contributed by atoms with Gasteiger partial charge in [0.15, 0.2) is 0 Å². The smallest absolute Gasteiger partial charge is 0.0393 e. The van der Waals surface area contributed by atoms with E-state index in [0.29, 0.717) is 0 Å². The van der Waals surface area contributed by atoms with Crippen molar-refractivity contribution >= 4 is 22.1 Å². The normalized spacial score (nSPS) is 10.9. The third-order valence-corrected chi connectivity index (χ3v) is 4.59. The number of para-hydroxylation sites is 1. The molecule has 0 unspecified atom stereocenters. The molecule has 0 saturated carbocycles. The lowest BCUT2D eigenvalue weighted by Crippen LogP contribution is -1.94. The van der Waals surface area contributed by atoms with E-state index in [4.69, 9.17) is 11.5 Å². The largest absolute Gasteiger partial charge is 0.399 e. The van der Waals surface area contributed by atoms with Crippen molar-refractivity contribution in [3.63, 3.8) is 0 Å². The summed E-state index contributed by atoms with van der Waals surface area (Å²) in [5.74, 6) is 0. The molecule has 0 spiro atoms. The van der Waals surface area contributed by atoms with Crippen molar-refractivity contribution in [2.45, 2.75) is 6.42 Å². The fourth-order valence-corrected chi connectivity index (χ4v) is 3.31. The van der Waals surface area contributed by atoms with Crippen LogP contribution >= 0.6 is 0 Å². The van der Waals surface area contributed by atoms with Crippen LogP contribution in [0, 0.1) is 0 Å². The van der Waals surface area contributed by atoms with E-state index in [2.05, 4.69) is 54.6 Å². The van der Waals surface area contributed by atoms with E-state index in [-0.39, 0.29) is 0 Å². The van der Waals surface area contributed by atoms with Crippen molar-refractivity contribution in [2.24, 2.45) is 0 Å². The van der Waals surface area contributed by atoms with Gasteiger partial charge in [0.05, 0.1) is 0 Å². The van der Waals surface area contributed by atoms with Crippen LogP contribution in [0.2, 0.25) is 0 Å².